The number of nitrogens with zero attached hydrogens (tertiary/aromatic N) is 3. The molecule has 2 saturated heterocycles. The minimum Gasteiger partial charge on any atom is -0.349 e. The van der Waals surface area contributed by atoms with Crippen LogP contribution in [0.2, 0.25) is 0 Å². The Balaban J connectivity index is 1.34. The number of rotatable bonds is 4. The normalized spacial score (nSPS) is 20.7. The van der Waals surface area contributed by atoms with Gasteiger partial charge >= 0.3 is 0 Å². The molecule has 0 bridgehead atoms. The number of benzene rings is 1. The molecule has 1 spiro atoms. The van der Waals surface area contributed by atoms with Crippen molar-refractivity contribution in [3.8, 4) is 0 Å². The highest BCUT2D eigenvalue weighted by molar-refractivity contribution is 5.95. The molecule has 2 aliphatic rings. The molecule has 2 aliphatic heterocycles. The van der Waals surface area contributed by atoms with Crippen LogP contribution in [0.25, 0.3) is 0 Å². The molecule has 164 valence electrons. The van der Waals surface area contributed by atoms with Crippen molar-refractivity contribution in [2.24, 2.45) is 5.41 Å². The van der Waals surface area contributed by atoms with Gasteiger partial charge < -0.3 is 10.2 Å². The molecule has 1 aromatic carbocycles. The van der Waals surface area contributed by atoms with E-state index in [0.717, 1.165) is 55.7 Å². The Bertz CT molecular complexity index is 951. The minimum atomic E-state index is -0.120. The van der Waals surface area contributed by atoms with Gasteiger partial charge in [0.25, 0.3) is 5.91 Å². The number of carbonyl (C=O) groups excluding carboxylic acids is 2. The van der Waals surface area contributed by atoms with Crippen LogP contribution in [-0.4, -0.2) is 59.3 Å². The van der Waals surface area contributed by atoms with Crippen LogP contribution in [0.3, 0.4) is 0 Å². The summed E-state index contributed by atoms with van der Waals surface area (Å²) in [7, 11) is 2.03. The number of nitrogens with one attached hydrogen (secondary N) is 1. The first-order chi connectivity index (χ1) is 14.9. The van der Waals surface area contributed by atoms with E-state index < -0.39 is 0 Å². The monoisotopic (exact) mass is 420 g/mol. The van der Waals surface area contributed by atoms with E-state index >= 15 is 0 Å². The van der Waals surface area contributed by atoms with Crippen molar-refractivity contribution in [2.45, 2.75) is 45.7 Å². The zero-order valence-corrected chi connectivity index (χ0v) is 18.7. The van der Waals surface area contributed by atoms with Gasteiger partial charge in [-0.2, -0.15) is 0 Å². The highest BCUT2D eigenvalue weighted by Gasteiger charge is 2.47. The number of likely N-dealkylation sites (tertiary alicyclic amines) is 2. The third kappa shape index (κ3) is 4.64. The highest BCUT2D eigenvalue weighted by Crippen LogP contribution is 2.43. The number of aryl methyl sites for hydroxylation is 2. The fraction of sp³-hybridized carbons (Fsp3) is 0.480. The van der Waals surface area contributed by atoms with E-state index in [1.807, 2.05) is 56.1 Å². The molecular weight excluding hydrogens is 388 g/mol. The summed E-state index contributed by atoms with van der Waals surface area (Å²) in [6.07, 6.45) is 4.48. The summed E-state index contributed by atoms with van der Waals surface area (Å²) in [6.45, 7) is 6.91. The van der Waals surface area contributed by atoms with Crippen molar-refractivity contribution in [1.29, 1.82) is 0 Å². The van der Waals surface area contributed by atoms with Crippen LogP contribution in [0, 0.1) is 19.3 Å². The summed E-state index contributed by atoms with van der Waals surface area (Å²) in [4.78, 5) is 34.3. The van der Waals surface area contributed by atoms with Crippen molar-refractivity contribution in [3.05, 3.63) is 65.0 Å². The van der Waals surface area contributed by atoms with E-state index in [-0.39, 0.29) is 23.3 Å². The van der Waals surface area contributed by atoms with Crippen LogP contribution >= 0.6 is 0 Å². The molecule has 1 atom stereocenters. The summed E-state index contributed by atoms with van der Waals surface area (Å²) < 4.78 is 0. The number of pyridine rings is 1. The highest BCUT2D eigenvalue weighted by atomic mass is 16.2. The average molecular weight is 421 g/mol. The summed E-state index contributed by atoms with van der Waals surface area (Å²) in [5.41, 5.74) is 3.99. The molecule has 2 amide bonds. The van der Waals surface area contributed by atoms with Gasteiger partial charge in [-0.1, -0.05) is 23.8 Å². The first-order valence-electron chi connectivity index (χ1n) is 11.1. The molecule has 0 saturated carbocycles. The Hall–Kier alpha value is -2.73. The van der Waals surface area contributed by atoms with Crippen molar-refractivity contribution >= 4 is 11.8 Å². The van der Waals surface area contributed by atoms with Crippen LogP contribution in [0.5, 0.6) is 0 Å². The van der Waals surface area contributed by atoms with Crippen LogP contribution in [0.1, 0.15) is 46.4 Å². The number of hydrogen-bond acceptors (Lipinski definition) is 4. The van der Waals surface area contributed by atoms with Gasteiger partial charge in [-0.3, -0.25) is 19.5 Å². The van der Waals surface area contributed by atoms with Crippen LogP contribution in [0.4, 0.5) is 0 Å². The maximum atomic E-state index is 13.0. The maximum Gasteiger partial charge on any atom is 0.254 e. The van der Waals surface area contributed by atoms with Gasteiger partial charge in [0.05, 0.1) is 18.3 Å². The summed E-state index contributed by atoms with van der Waals surface area (Å²) >= 11 is 0. The fourth-order valence-electron chi connectivity index (χ4n) is 5.13. The lowest BCUT2D eigenvalue weighted by Crippen LogP contribution is -2.44. The van der Waals surface area contributed by atoms with Crippen molar-refractivity contribution < 1.29 is 9.59 Å². The Morgan fingerprint density at radius 2 is 1.94 bits per heavy atom. The van der Waals surface area contributed by atoms with Crippen LogP contribution < -0.4 is 5.32 Å². The van der Waals surface area contributed by atoms with E-state index in [1.165, 1.54) is 5.56 Å². The van der Waals surface area contributed by atoms with E-state index in [4.69, 9.17) is 0 Å². The molecule has 1 N–H and O–H groups in total. The summed E-state index contributed by atoms with van der Waals surface area (Å²) in [5.74, 6) is 0.196. The molecule has 1 aromatic heterocycles. The van der Waals surface area contributed by atoms with Gasteiger partial charge in [0.15, 0.2) is 0 Å². The molecule has 2 fully saturated rings. The smallest absolute Gasteiger partial charge is 0.254 e. The molecular formula is C25H32N4O2. The van der Waals surface area contributed by atoms with Crippen LogP contribution in [-0.2, 0) is 11.3 Å². The fourth-order valence-corrected chi connectivity index (χ4v) is 5.13. The van der Waals surface area contributed by atoms with Crippen LogP contribution in [0.15, 0.2) is 42.6 Å². The lowest BCUT2D eigenvalue weighted by Gasteiger charge is -2.39. The maximum absolute atomic E-state index is 13.0. The largest absolute Gasteiger partial charge is 0.349 e. The second-order valence-electron chi connectivity index (χ2n) is 9.28. The van der Waals surface area contributed by atoms with Gasteiger partial charge in [-0.25, -0.2) is 0 Å². The summed E-state index contributed by atoms with van der Waals surface area (Å²) in [5, 5.41) is 3.04. The SMILES string of the molecule is Cc1ccc(C(=O)N2CCC3(CC2)CC(C(=O)NCc2ccccn2)N(C)C3)c(C)c1. The Kier molecular flexibility index (Phi) is 6.10. The van der Waals surface area contributed by atoms with Crippen molar-refractivity contribution in [1.82, 2.24) is 20.1 Å². The second kappa shape index (κ2) is 8.79. The lowest BCUT2D eigenvalue weighted by molar-refractivity contribution is -0.125. The average Bonchev–Trinajstić information content (AvgIpc) is 3.08. The molecule has 0 aliphatic carbocycles. The topological polar surface area (TPSA) is 65.5 Å². The molecule has 2 aromatic rings. The lowest BCUT2D eigenvalue weighted by atomic mass is 9.76. The second-order valence-corrected chi connectivity index (χ2v) is 9.28. The van der Waals surface area contributed by atoms with Crippen molar-refractivity contribution in [2.75, 3.05) is 26.7 Å². The summed E-state index contributed by atoms with van der Waals surface area (Å²) in [6, 6.07) is 11.6. The van der Waals surface area contributed by atoms with Gasteiger partial charge in [0.2, 0.25) is 5.91 Å². The van der Waals surface area contributed by atoms with E-state index in [9.17, 15) is 9.59 Å². The van der Waals surface area contributed by atoms with Gasteiger partial charge in [-0.05, 0) is 69.3 Å². The minimum absolute atomic E-state index is 0.0683. The van der Waals surface area contributed by atoms with Gasteiger partial charge in [0.1, 0.15) is 0 Å². The standard InChI is InChI=1S/C25H32N4O2/c1-18-7-8-21(19(2)14-18)24(31)29-12-9-25(10-13-29)15-22(28(3)17-25)23(30)27-16-20-6-4-5-11-26-20/h4-8,11,14,22H,9-10,12-13,15-17H2,1-3H3,(H,27,30). The van der Waals surface area contributed by atoms with E-state index in [0.29, 0.717) is 6.54 Å². The number of aromatic nitrogens is 1. The molecule has 0 radical (unpaired) electrons. The Morgan fingerprint density at radius 1 is 1.16 bits per heavy atom. The third-order valence-corrected chi connectivity index (χ3v) is 6.94. The molecule has 3 heterocycles. The number of likely N-dealkylation sites (N-methyl/N-ethyl adjacent to an activating group) is 1. The Morgan fingerprint density at radius 3 is 2.61 bits per heavy atom. The number of carbonyl (C=O) groups is 2. The zero-order chi connectivity index (χ0) is 22.0. The number of hydrogen-bond donors (Lipinski definition) is 1. The molecule has 31 heavy (non-hydrogen) atoms. The van der Waals surface area contributed by atoms with E-state index in [1.54, 1.807) is 6.20 Å². The van der Waals surface area contributed by atoms with Crippen molar-refractivity contribution in [3.63, 3.8) is 0 Å². The first-order valence-corrected chi connectivity index (χ1v) is 11.1. The Labute approximate surface area is 184 Å². The quantitative estimate of drug-likeness (QED) is 0.826. The third-order valence-electron chi connectivity index (χ3n) is 6.94. The zero-order valence-electron chi connectivity index (χ0n) is 18.7. The molecule has 4 rings (SSSR count). The first kappa shape index (κ1) is 21.5. The predicted octanol–water partition coefficient (Wildman–Crippen LogP) is 2.94. The molecule has 6 heteroatoms. The molecule has 1 unspecified atom stereocenters. The number of amides is 2. The molecule has 6 nitrogen and oxygen atoms in total. The number of piperidine rings is 1. The van der Waals surface area contributed by atoms with E-state index in [2.05, 4.69) is 21.3 Å². The van der Waals surface area contributed by atoms with Gasteiger partial charge in [0, 0.05) is 31.4 Å². The predicted molar refractivity (Wildman–Crippen MR) is 121 cm³/mol. The van der Waals surface area contributed by atoms with Gasteiger partial charge in [-0.15, -0.1) is 0 Å².